The Morgan fingerprint density at radius 1 is 1.19 bits per heavy atom. The maximum atomic E-state index is 8.96. The van der Waals surface area contributed by atoms with Gasteiger partial charge in [-0.25, -0.2) is 0 Å². The van der Waals surface area contributed by atoms with Crippen LogP contribution in [-0.2, 0) is 0 Å². The number of nitrogens with one attached hydrogen (secondary N) is 1. The van der Waals surface area contributed by atoms with Crippen LogP contribution in [0.2, 0.25) is 0 Å². The van der Waals surface area contributed by atoms with Gasteiger partial charge in [-0.15, -0.1) is 0 Å². The zero-order chi connectivity index (χ0) is 12.0. The van der Waals surface area contributed by atoms with Crippen molar-refractivity contribution in [1.29, 1.82) is 0 Å². The van der Waals surface area contributed by atoms with E-state index in [-0.39, 0.29) is 0 Å². The van der Waals surface area contributed by atoms with Crippen LogP contribution in [-0.4, -0.2) is 24.3 Å². The van der Waals surface area contributed by atoms with Gasteiger partial charge in [-0.2, -0.15) is 0 Å². The predicted octanol–water partition coefficient (Wildman–Crippen LogP) is 2.81. The number of aliphatic hydroxyl groups excluding tert-OH is 1. The van der Waals surface area contributed by atoms with Gasteiger partial charge in [0.25, 0.3) is 0 Å². The third-order valence-electron chi connectivity index (χ3n) is 3.99. The SMILES string of the molecule is CCC(CCO)CNC1CC(C)CC(C)C1. The third-order valence-corrected chi connectivity index (χ3v) is 3.99. The molecule has 0 heterocycles. The van der Waals surface area contributed by atoms with E-state index in [0.717, 1.165) is 24.8 Å². The van der Waals surface area contributed by atoms with Crippen LogP contribution in [0.25, 0.3) is 0 Å². The highest BCUT2D eigenvalue weighted by molar-refractivity contribution is 4.80. The van der Waals surface area contributed by atoms with E-state index >= 15 is 0 Å². The van der Waals surface area contributed by atoms with Crippen molar-refractivity contribution in [3.63, 3.8) is 0 Å². The highest BCUT2D eigenvalue weighted by Gasteiger charge is 2.23. The second kappa shape index (κ2) is 7.29. The van der Waals surface area contributed by atoms with E-state index in [4.69, 9.17) is 5.11 Å². The predicted molar refractivity (Wildman–Crippen MR) is 69.5 cm³/mol. The van der Waals surface area contributed by atoms with Crippen LogP contribution in [0.4, 0.5) is 0 Å². The maximum absolute atomic E-state index is 8.96. The first kappa shape index (κ1) is 14.0. The lowest BCUT2D eigenvalue weighted by atomic mass is 9.80. The smallest absolute Gasteiger partial charge is 0.0434 e. The Kier molecular flexibility index (Phi) is 6.37. The first-order valence-corrected chi connectivity index (χ1v) is 6.99. The molecule has 1 rings (SSSR count). The van der Waals surface area contributed by atoms with Crippen molar-refractivity contribution in [1.82, 2.24) is 5.32 Å². The molecule has 2 heteroatoms. The molecular formula is C14H29NO. The van der Waals surface area contributed by atoms with E-state index in [1.807, 2.05) is 0 Å². The average molecular weight is 227 g/mol. The second-order valence-corrected chi connectivity index (χ2v) is 5.81. The summed E-state index contributed by atoms with van der Waals surface area (Å²) in [7, 11) is 0. The van der Waals surface area contributed by atoms with E-state index in [1.54, 1.807) is 0 Å². The Morgan fingerprint density at radius 2 is 1.81 bits per heavy atom. The van der Waals surface area contributed by atoms with E-state index in [2.05, 4.69) is 26.1 Å². The molecule has 3 unspecified atom stereocenters. The largest absolute Gasteiger partial charge is 0.396 e. The topological polar surface area (TPSA) is 32.3 Å². The molecule has 2 nitrogen and oxygen atoms in total. The summed E-state index contributed by atoms with van der Waals surface area (Å²) in [5, 5.41) is 12.7. The van der Waals surface area contributed by atoms with Gasteiger partial charge in [-0.3, -0.25) is 0 Å². The van der Waals surface area contributed by atoms with Crippen molar-refractivity contribution in [3.8, 4) is 0 Å². The van der Waals surface area contributed by atoms with E-state index in [1.165, 1.54) is 25.7 Å². The fourth-order valence-electron chi connectivity index (χ4n) is 3.08. The van der Waals surface area contributed by atoms with Crippen molar-refractivity contribution >= 4 is 0 Å². The highest BCUT2D eigenvalue weighted by Crippen LogP contribution is 2.28. The van der Waals surface area contributed by atoms with Gasteiger partial charge in [0, 0.05) is 12.6 Å². The molecule has 0 saturated heterocycles. The summed E-state index contributed by atoms with van der Waals surface area (Å²) in [6, 6.07) is 0.714. The molecule has 0 radical (unpaired) electrons. The normalized spacial score (nSPS) is 32.6. The fraction of sp³-hybridized carbons (Fsp3) is 1.00. The van der Waals surface area contributed by atoms with Gasteiger partial charge < -0.3 is 10.4 Å². The number of hydrogen-bond donors (Lipinski definition) is 2. The van der Waals surface area contributed by atoms with E-state index < -0.39 is 0 Å². The van der Waals surface area contributed by atoms with Gasteiger partial charge in [0.2, 0.25) is 0 Å². The Bertz CT molecular complexity index is 174. The number of rotatable bonds is 6. The molecule has 0 spiro atoms. The van der Waals surface area contributed by atoms with Gasteiger partial charge in [0.05, 0.1) is 0 Å². The molecule has 16 heavy (non-hydrogen) atoms. The van der Waals surface area contributed by atoms with E-state index in [0.29, 0.717) is 18.6 Å². The van der Waals surface area contributed by atoms with Crippen LogP contribution >= 0.6 is 0 Å². The zero-order valence-electron chi connectivity index (χ0n) is 11.2. The summed E-state index contributed by atoms with van der Waals surface area (Å²) in [6.07, 6.45) is 6.18. The molecule has 0 bridgehead atoms. The zero-order valence-corrected chi connectivity index (χ0v) is 11.2. The van der Waals surface area contributed by atoms with Crippen LogP contribution in [0.5, 0.6) is 0 Å². The van der Waals surface area contributed by atoms with Crippen LogP contribution in [0.1, 0.15) is 52.9 Å². The summed E-state index contributed by atoms with van der Waals surface area (Å²) in [6.45, 7) is 8.37. The minimum atomic E-state index is 0.331. The second-order valence-electron chi connectivity index (χ2n) is 5.81. The van der Waals surface area contributed by atoms with Crippen molar-refractivity contribution in [3.05, 3.63) is 0 Å². The fourth-order valence-corrected chi connectivity index (χ4v) is 3.08. The number of aliphatic hydroxyl groups is 1. The Morgan fingerprint density at radius 3 is 2.31 bits per heavy atom. The molecule has 2 N–H and O–H groups in total. The molecule has 0 aromatic rings. The molecule has 1 aliphatic rings. The lowest BCUT2D eigenvalue weighted by Gasteiger charge is -2.33. The molecule has 0 aromatic carbocycles. The average Bonchev–Trinajstić information content (AvgIpc) is 2.23. The molecule has 96 valence electrons. The first-order chi connectivity index (χ1) is 7.65. The molecule has 1 aliphatic carbocycles. The summed E-state index contributed by atoms with van der Waals surface area (Å²) in [5.74, 6) is 2.40. The Labute approximate surface area is 101 Å². The Hall–Kier alpha value is -0.0800. The quantitative estimate of drug-likeness (QED) is 0.731. The summed E-state index contributed by atoms with van der Waals surface area (Å²) >= 11 is 0. The molecule has 0 aliphatic heterocycles. The van der Waals surface area contributed by atoms with Crippen LogP contribution < -0.4 is 5.32 Å². The van der Waals surface area contributed by atoms with Crippen LogP contribution in [0.15, 0.2) is 0 Å². The van der Waals surface area contributed by atoms with Gasteiger partial charge in [-0.1, -0.05) is 27.2 Å². The molecule has 0 amide bonds. The standard InChI is InChI=1S/C14H29NO/c1-4-13(5-6-16)10-15-14-8-11(2)7-12(3)9-14/h11-16H,4-10H2,1-3H3. The van der Waals surface area contributed by atoms with Gasteiger partial charge >= 0.3 is 0 Å². The van der Waals surface area contributed by atoms with Crippen molar-refractivity contribution in [2.45, 2.75) is 58.9 Å². The molecule has 0 aromatic heterocycles. The molecular weight excluding hydrogens is 198 g/mol. The lowest BCUT2D eigenvalue weighted by Crippen LogP contribution is -2.39. The highest BCUT2D eigenvalue weighted by atomic mass is 16.3. The minimum Gasteiger partial charge on any atom is -0.396 e. The van der Waals surface area contributed by atoms with Gasteiger partial charge in [0.15, 0.2) is 0 Å². The van der Waals surface area contributed by atoms with E-state index in [9.17, 15) is 0 Å². The van der Waals surface area contributed by atoms with Crippen LogP contribution in [0.3, 0.4) is 0 Å². The van der Waals surface area contributed by atoms with Gasteiger partial charge in [0.1, 0.15) is 0 Å². The summed E-state index contributed by atoms with van der Waals surface area (Å²) in [5.41, 5.74) is 0. The van der Waals surface area contributed by atoms with Crippen molar-refractivity contribution in [2.75, 3.05) is 13.2 Å². The lowest BCUT2D eigenvalue weighted by molar-refractivity contribution is 0.216. The Balaban J connectivity index is 2.25. The third kappa shape index (κ3) is 4.84. The minimum absolute atomic E-state index is 0.331. The van der Waals surface area contributed by atoms with Crippen molar-refractivity contribution in [2.24, 2.45) is 17.8 Å². The summed E-state index contributed by atoms with van der Waals surface area (Å²) in [4.78, 5) is 0. The first-order valence-electron chi connectivity index (χ1n) is 6.99. The summed E-state index contributed by atoms with van der Waals surface area (Å²) < 4.78 is 0. The van der Waals surface area contributed by atoms with Gasteiger partial charge in [-0.05, 0) is 50.0 Å². The molecule has 1 saturated carbocycles. The van der Waals surface area contributed by atoms with Crippen molar-refractivity contribution < 1.29 is 5.11 Å². The number of hydrogen-bond acceptors (Lipinski definition) is 2. The van der Waals surface area contributed by atoms with Crippen LogP contribution in [0, 0.1) is 17.8 Å². The molecule has 3 atom stereocenters. The molecule has 1 fully saturated rings. The monoisotopic (exact) mass is 227 g/mol. The maximum Gasteiger partial charge on any atom is 0.0434 e.